The van der Waals surface area contributed by atoms with E-state index in [0.29, 0.717) is 22.7 Å². The van der Waals surface area contributed by atoms with Gasteiger partial charge in [-0.2, -0.15) is 13.2 Å². The maximum Gasteiger partial charge on any atom is 0.425 e. The SMILES string of the molecule is CC(C)(O)c1cccc(Cn2cc(-c3nc(N)nc4cc(C(F)(F)F)sc34)nn2)n1. The first-order valence-corrected chi connectivity index (χ1v) is 9.56. The molecule has 0 saturated heterocycles. The number of hydrogen-bond acceptors (Lipinski definition) is 8. The molecule has 8 nitrogen and oxygen atoms in total. The summed E-state index contributed by atoms with van der Waals surface area (Å²) < 4.78 is 41.0. The highest BCUT2D eigenvalue weighted by Gasteiger charge is 2.34. The molecule has 0 unspecified atom stereocenters. The maximum absolute atomic E-state index is 13.1. The fourth-order valence-corrected chi connectivity index (χ4v) is 3.78. The first kappa shape index (κ1) is 20.2. The van der Waals surface area contributed by atoms with Gasteiger partial charge in [-0.15, -0.1) is 16.4 Å². The Kier molecular flexibility index (Phi) is 4.70. The van der Waals surface area contributed by atoms with Gasteiger partial charge in [-0.3, -0.25) is 4.98 Å². The summed E-state index contributed by atoms with van der Waals surface area (Å²) in [5.41, 5.74) is 6.27. The van der Waals surface area contributed by atoms with E-state index in [1.807, 2.05) is 0 Å². The van der Waals surface area contributed by atoms with Gasteiger partial charge in [0.15, 0.2) is 0 Å². The van der Waals surface area contributed by atoms with Crippen LogP contribution in [0.25, 0.3) is 21.6 Å². The molecule has 0 bridgehead atoms. The van der Waals surface area contributed by atoms with Gasteiger partial charge >= 0.3 is 6.18 Å². The van der Waals surface area contributed by atoms with Crippen LogP contribution in [-0.4, -0.2) is 35.1 Å². The highest BCUT2D eigenvalue weighted by molar-refractivity contribution is 7.19. The van der Waals surface area contributed by atoms with Crippen molar-refractivity contribution in [3.63, 3.8) is 0 Å². The molecule has 3 N–H and O–H groups in total. The van der Waals surface area contributed by atoms with Crippen molar-refractivity contribution in [3.8, 4) is 11.4 Å². The van der Waals surface area contributed by atoms with Gasteiger partial charge in [-0.25, -0.2) is 14.6 Å². The largest absolute Gasteiger partial charge is 0.425 e. The average molecular weight is 435 g/mol. The van der Waals surface area contributed by atoms with E-state index in [-0.39, 0.29) is 34.1 Å². The molecule has 0 radical (unpaired) electrons. The zero-order chi connectivity index (χ0) is 21.7. The molecule has 0 amide bonds. The Morgan fingerprint density at radius 2 is 1.93 bits per heavy atom. The number of nitrogens with zero attached hydrogens (tertiary/aromatic N) is 6. The van der Waals surface area contributed by atoms with Crippen molar-refractivity contribution in [2.45, 2.75) is 32.2 Å². The molecule has 12 heteroatoms. The van der Waals surface area contributed by atoms with Crippen LogP contribution in [0.3, 0.4) is 0 Å². The summed E-state index contributed by atoms with van der Waals surface area (Å²) in [6.07, 6.45) is -2.95. The van der Waals surface area contributed by atoms with Crippen molar-refractivity contribution in [1.82, 2.24) is 29.9 Å². The Morgan fingerprint density at radius 3 is 2.63 bits per heavy atom. The smallest absolute Gasteiger partial charge is 0.384 e. The lowest BCUT2D eigenvalue weighted by Gasteiger charge is -2.17. The molecule has 0 spiro atoms. The fraction of sp³-hybridized carbons (Fsp3) is 0.278. The number of nitrogens with two attached hydrogens (primary N) is 1. The van der Waals surface area contributed by atoms with E-state index in [0.717, 1.165) is 6.07 Å². The average Bonchev–Trinajstić information content (AvgIpc) is 3.27. The number of rotatable bonds is 4. The number of anilines is 1. The number of aliphatic hydroxyl groups is 1. The van der Waals surface area contributed by atoms with E-state index in [1.165, 1.54) is 4.68 Å². The number of alkyl halides is 3. The summed E-state index contributed by atoms with van der Waals surface area (Å²) in [5.74, 6) is -0.155. The van der Waals surface area contributed by atoms with Crippen LogP contribution in [0.2, 0.25) is 0 Å². The summed E-state index contributed by atoms with van der Waals surface area (Å²) >= 11 is 0.530. The van der Waals surface area contributed by atoms with Crippen molar-refractivity contribution in [1.29, 1.82) is 0 Å². The first-order chi connectivity index (χ1) is 14.0. The molecule has 30 heavy (non-hydrogen) atoms. The van der Waals surface area contributed by atoms with Crippen molar-refractivity contribution in [3.05, 3.63) is 46.7 Å². The molecular formula is C18H16F3N7OS. The number of aromatic nitrogens is 6. The third kappa shape index (κ3) is 3.96. The molecule has 0 fully saturated rings. The molecule has 4 rings (SSSR count). The van der Waals surface area contributed by atoms with Gasteiger partial charge in [0.25, 0.3) is 0 Å². The van der Waals surface area contributed by atoms with Crippen molar-refractivity contribution in [2.24, 2.45) is 0 Å². The molecule has 0 aromatic carbocycles. The molecule has 0 aliphatic heterocycles. The molecule has 0 aliphatic rings. The van der Waals surface area contributed by atoms with Crippen LogP contribution < -0.4 is 5.73 Å². The summed E-state index contributed by atoms with van der Waals surface area (Å²) in [4.78, 5) is 11.6. The van der Waals surface area contributed by atoms with Gasteiger partial charge in [0, 0.05) is 0 Å². The number of fused-ring (bicyclic) bond motifs is 1. The van der Waals surface area contributed by atoms with Gasteiger partial charge < -0.3 is 10.8 Å². The molecule has 4 aromatic heterocycles. The Labute approximate surface area is 172 Å². The van der Waals surface area contributed by atoms with E-state index in [4.69, 9.17) is 5.73 Å². The number of thiophene rings is 1. The van der Waals surface area contributed by atoms with Crippen LogP contribution in [0.5, 0.6) is 0 Å². The lowest BCUT2D eigenvalue weighted by molar-refractivity contribution is -0.134. The van der Waals surface area contributed by atoms with Crippen LogP contribution in [-0.2, 0) is 18.3 Å². The van der Waals surface area contributed by atoms with Crippen molar-refractivity contribution in [2.75, 3.05) is 5.73 Å². The Hall–Kier alpha value is -3.12. The van der Waals surface area contributed by atoms with Gasteiger partial charge in [-0.05, 0) is 32.0 Å². The number of halogens is 3. The molecule has 4 aromatic rings. The summed E-state index contributed by atoms with van der Waals surface area (Å²) in [7, 11) is 0. The second kappa shape index (κ2) is 6.99. The van der Waals surface area contributed by atoms with E-state index < -0.39 is 16.7 Å². The fourth-order valence-electron chi connectivity index (χ4n) is 2.82. The minimum Gasteiger partial charge on any atom is -0.384 e. The van der Waals surface area contributed by atoms with Crippen molar-refractivity contribution >= 4 is 27.5 Å². The van der Waals surface area contributed by atoms with Crippen LogP contribution >= 0.6 is 11.3 Å². The Balaban J connectivity index is 1.69. The Morgan fingerprint density at radius 1 is 1.17 bits per heavy atom. The van der Waals surface area contributed by atoms with E-state index >= 15 is 0 Å². The van der Waals surface area contributed by atoms with E-state index in [2.05, 4.69) is 25.3 Å². The highest BCUT2D eigenvalue weighted by Crippen LogP contribution is 2.40. The molecule has 156 valence electrons. The monoisotopic (exact) mass is 435 g/mol. The van der Waals surface area contributed by atoms with Gasteiger partial charge in [0.05, 0.1) is 34.3 Å². The second-order valence-corrected chi connectivity index (χ2v) is 8.18. The number of nitrogen functional groups attached to an aromatic ring is 1. The molecule has 0 aliphatic carbocycles. The summed E-state index contributed by atoms with van der Waals surface area (Å²) in [6, 6.07) is 6.20. The highest BCUT2D eigenvalue weighted by atomic mass is 32.1. The van der Waals surface area contributed by atoms with E-state index in [1.54, 1.807) is 38.2 Å². The molecule has 4 heterocycles. The quantitative estimate of drug-likeness (QED) is 0.506. The zero-order valence-electron chi connectivity index (χ0n) is 15.8. The predicted octanol–water partition coefficient (Wildman–Crippen LogP) is 3.22. The number of hydrogen-bond donors (Lipinski definition) is 2. The topological polar surface area (TPSA) is 116 Å². The predicted molar refractivity (Wildman–Crippen MR) is 104 cm³/mol. The third-order valence-electron chi connectivity index (χ3n) is 4.21. The maximum atomic E-state index is 13.1. The second-order valence-electron chi connectivity index (χ2n) is 7.13. The molecular weight excluding hydrogens is 419 g/mol. The molecule has 0 saturated carbocycles. The van der Waals surface area contributed by atoms with Crippen LogP contribution in [0.1, 0.15) is 30.1 Å². The minimum absolute atomic E-state index is 0.101. The first-order valence-electron chi connectivity index (χ1n) is 8.74. The van der Waals surface area contributed by atoms with Crippen LogP contribution in [0.15, 0.2) is 30.5 Å². The van der Waals surface area contributed by atoms with Crippen molar-refractivity contribution < 1.29 is 18.3 Å². The van der Waals surface area contributed by atoms with E-state index in [9.17, 15) is 18.3 Å². The van der Waals surface area contributed by atoms with Crippen LogP contribution in [0.4, 0.5) is 19.1 Å². The third-order valence-corrected chi connectivity index (χ3v) is 5.38. The normalized spacial score (nSPS) is 12.6. The lowest BCUT2D eigenvalue weighted by Crippen LogP contribution is -2.18. The van der Waals surface area contributed by atoms with Crippen LogP contribution in [0, 0.1) is 0 Å². The lowest BCUT2D eigenvalue weighted by atomic mass is 10.0. The van der Waals surface area contributed by atoms with Gasteiger partial charge in [0.1, 0.15) is 21.9 Å². The molecule has 0 atom stereocenters. The standard InChI is InChI=1S/C18H16F3N7OS/c1-17(2,29)12-5-3-4-9(23-12)7-28-8-11(26-27-28)14-15-10(24-16(22)25-14)6-13(30-15)18(19,20)21/h3-6,8,29H,7H2,1-2H3,(H2,22,24,25). The zero-order valence-corrected chi connectivity index (χ0v) is 16.7. The van der Waals surface area contributed by atoms with Gasteiger partial charge in [-0.1, -0.05) is 11.3 Å². The Bertz CT molecular complexity index is 1230. The summed E-state index contributed by atoms with van der Waals surface area (Å²) in [5, 5.41) is 18.2. The minimum atomic E-state index is -4.49. The van der Waals surface area contributed by atoms with Gasteiger partial charge in [0.2, 0.25) is 5.95 Å². The summed E-state index contributed by atoms with van der Waals surface area (Å²) in [6.45, 7) is 3.51. The number of pyridine rings is 1.